The number of nitrogens with zero attached hydrogens (tertiary/aromatic N) is 1. The van der Waals surface area contributed by atoms with Crippen LogP contribution in [0.15, 0.2) is 78.9 Å². The van der Waals surface area contributed by atoms with Crippen molar-refractivity contribution in [3.8, 4) is 5.69 Å². The SMILES string of the molecule is Cc1c(C(O)(C(=O)OC(C)C)C(=O)OC(C)C)n(-c2ccccc2NC(=O)c2ccccc2)c2ccccc12. The van der Waals surface area contributed by atoms with E-state index in [0.717, 1.165) is 0 Å². The lowest BCUT2D eigenvalue weighted by atomic mass is 9.95. The van der Waals surface area contributed by atoms with Crippen molar-refractivity contribution in [2.24, 2.45) is 0 Å². The highest BCUT2D eigenvalue weighted by molar-refractivity contribution is 6.08. The van der Waals surface area contributed by atoms with Crippen molar-refractivity contribution < 1.29 is 29.0 Å². The number of hydrogen-bond acceptors (Lipinski definition) is 6. The molecule has 0 saturated carbocycles. The van der Waals surface area contributed by atoms with Gasteiger partial charge in [-0.3, -0.25) is 4.79 Å². The average molecular weight is 529 g/mol. The van der Waals surface area contributed by atoms with Crippen LogP contribution in [0.1, 0.15) is 49.3 Å². The number of rotatable bonds is 8. The van der Waals surface area contributed by atoms with E-state index in [9.17, 15) is 19.5 Å². The standard InChI is InChI=1S/C31H32N2O6/c1-19(2)38-29(35)31(37,30(36)39-20(3)4)27-21(5)23-15-9-11-17-25(23)33(27)26-18-12-10-16-24(26)32-28(34)22-13-7-6-8-14-22/h6-20,37H,1-5H3,(H,32,34). The first kappa shape index (κ1) is 27.6. The maximum atomic E-state index is 13.5. The van der Waals surface area contributed by atoms with Crippen LogP contribution in [0, 0.1) is 6.92 Å². The Labute approximate surface area is 227 Å². The van der Waals surface area contributed by atoms with E-state index in [-0.39, 0.29) is 11.6 Å². The number of hydrogen-bond donors (Lipinski definition) is 2. The minimum atomic E-state index is -2.80. The van der Waals surface area contributed by atoms with Crippen LogP contribution >= 0.6 is 0 Å². The van der Waals surface area contributed by atoms with Crippen molar-refractivity contribution in [2.45, 2.75) is 52.4 Å². The molecule has 0 fully saturated rings. The van der Waals surface area contributed by atoms with Gasteiger partial charge in [0.2, 0.25) is 0 Å². The maximum absolute atomic E-state index is 13.5. The molecule has 2 N–H and O–H groups in total. The van der Waals surface area contributed by atoms with Crippen molar-refractivity contribution in [2.75, 3.05) is 5.32 Å². The number of esters is 2. The summed E-state index contributed by atoms with van der Waals surface area (Å²) in [6, 6.07) is 23.0. The fourth-order valence-electron chi connectivity index (χ4n) is 4.52. The van der Waals surface area contributed by atoms with Crippen LogP contribution in [0.5, 0.6) is 0 Å². The molecule has 3 aromatic carbocycles. The van der Waals surface area contributed by atoms with Gasteiger partial charge < -0.3 is 24.5 Å². The third kappa shape index (κ3) is 5.28. The molecule has 4 aromatic rings. The van der Waals surface area contributed by atoms with E-state index in [1.54, 1.807) is 87.7 Å². The van der Waals surface area contributed by atoms with Crippen LogP contribution in [-0.2, 0) is 24.7 Å². The summed E-state index contributed by atoms with van der Waals surface area (Å²) < 4.78 is 12.4. The summed E-state index contributed by atoms with van der Waals surface area (Å²) in [5, 5.41) is 15.7. The smallest absolute Gasteiger partial charge is 0.356 e. The lowest BCUT2D eigenvalue weighted by molar-refractivity contribution is -0.190. The molecule has 0 radical (unpaired) electrons. The van der Waals surface area contributed by atoms with Crippen molar-refractivity contribution in [1.82, 2.24) is 4.57 Å². The summed E-state index contributed by atoms with van der Waals surface area (Å²) in [4.78, 5) is 40.1. The van der Waals surface area contributed by atoms with Gasteiger partial charge in [-0.05, 0) is 70.5 Å². The molecule has 1 heterocycles. The summed E-state index contributed by atoms with van der Waals surface area (Å²) >= 11 is 0. The van der Waals surface area contributed by atoms with Gasteiger partial charge in [0, 0.05) is 10.9 Å². The van der Waals surface area contributed by atoms with Crippen LogP contribution in [-0.4, -0.2) is 39.7 Å². The van der Waals surface area contributed by atoms with E-state index in [0.29, 0.717) is 33.4 Å². The highest BCUT2D eigenvalue weighted by Gasteiger charge is 2.54. The zero-order valence-corrected chi connectivity index (χ0v) is 22.6. The molecule has 0 unspecified atom stereocenters. The second-order valence-electron chi connectivity index (χ2n) is 9.78. The third-order valence-electron chi connectivity index (χ3n) is 6.18. The second kappa shape index (κ2) is 11.1. The topological polar surface area (TPSA) is 107 Å². The lowest BCUT2D eigenvalue weighted by Gasteiger charge is -2.29. The predicted octanol–water partition coefficient (Wildman–Crippen LogP) is 5.28. The van der Waals surface area contributed by atoms with Gasteiger partial charge in [0.25, 0.3) is 5.91 Å². The van der Waals surface area contributed by atoms with Gasteiger partial charge in [-0.2, -0.15) is 0 Å². The van der Waals surface area contributed by atoms with Crippen molar-refractivity contribution in [1.29, 1.82) is 0 Å². The summed E-state index contributed by atoms with van der Waals surface area (Å²) in [7, 11) is 0. The van der Waals surface area contributed by atoms with Gasteiger partial charge in [0.1, 0.15) is 0 Å². The molecule has 202 valence electrons. The van der Waals surface area contributed by atoms with Crippen molar-refractivity contribution in [3.63, 3.8) is 0 Å². The average Bonchev–Trinajstić information content (AvgIpc) is 3.20. The molecule has 0 atom stereocenters. The van der Waals surface area contributed by atoms with Gasteiger partial charge in [-0.1, -0.05) is 48.5 Å². The maximum Gasteiger partial charge on any atom is 0.356 e. The van der Waals surface area contributed by atoms with E-state index in [1.165, 1.54) is 0 Å². The molecule has 0 aliphatic rings. The van der Waals surface area contributed by atoms with E-state index in [1.807, 2.05) is 30.3 Å². The third-order valence-corrected chi connectivity index (χ3v) is 6.18. The summed E-state index contributed by atoms with van der Waals surface area (Å²) in [6.07, 6.45) is -1.21. The Morgan fingerprint density at radius 1 is 0.795 bits per heavy atom. The Kier molecular flexibility index (Phi) is 7.88. The first-order chi connectivity index (χ1) is 18.6. The van der Waals surface area contributed by atoms with E-state index < -0.39 is 29.7 Å². The van der Waals surface area contributed by atoms with E-state index >= 15 is 0 Å². The van der Waals surface area contributed by atoms with E-state index in [2.05, 4.69) is 5.32 Å². The van der Waals surface area contributed by atoms with Gasteiger partial charge >= 0.3 is 17.5 Å². The number of amides is 1. The monoisotopic (exact) mass is 528 g/mol. The number of aryl methyl sites for hydroxylation is 1. The normalized spacial score (nSPS) is 11.6. The molecule has 0 bridgehead atoms. The van der Waals surface area contributed by atoms with Crippen LogP contribution < -0.4 is 5.32 Å². The molecule has 4 rings (SSSR count). The Morgan fingerprint density at radius 2 is 1.33 bits per heavy atom. The molecule has 0 spiro atoms. The fourth-order valence-corrected chi connectivity index (χ4v) is 4.52. The molecule has 8 nitrogen and oxygen atoms in total. The predicted molar refractivity (Wildman–Crippen MR) is 149 cm³/mol. The van der Waals surface area contributed by atoms with Crippen molar-refractivity contribution in [3.05, 3.63) is 95.7 Å². The number of carbonyl (C=O) groups excluding carboxylic acids is 3. The van der Waals surface area contributed by atoms with Crippen molar-refractivity contribution >= 4 is 34.4 Å². The number of anilines is 1. The van der Waals surface area contributed by atoms with Crippen LogP contribution in [0.3, 0.4) is 0 Å². The molecule has 0 aliphatic carbocycles. The summed E-state index contributed by atoms with van der Waals surface area (Å²) in [6.45, 7) is 8.23. The molecule has 0 saturated heterocycles. The number of para-hydroxylation sites is 3. The van der Waals surface area contributed by atoms with Crippen LogP contribution in [0.2, 0.25) is 0 Å². The Balaban J connectivity index is 2.00. The molecule has 1 amide bonds. The van der Waals surface area contributed by atoms with Gasteiger partial charge in [-0.15, -0.1) is 0 Å². The van der Waals surface area contributed by atoms with Crippen LogP contribution in [0.25, 0.3) is 16.6 Å². The van der Waals surface area contributed by atoms with Gasteiger partial charge in [-0.25, -0.2) is 9.59 Å². The number of carbonyl (C=O) groups is 3. The van der Waals surface area contributed by atoms with Crippen LogP contribution in [0.4, 0.5) is 5.69 Å². The number of nitrogens with one attached hydrogen (secondary N) is 1. The number of ether oxygens (including phenoxy) is 2. The van der Waals surface area contributed by atoms with E-state index in [4.69, 9.17) is 9.47 Å². The fraction of sp³-hybridized carbons (Fsp3) is 0.258. The zero-order chi connectivity index (χ0) is 28.3. The highest BCUT2D eigenvalue weighted by Crippen LogP contribution is 2.39. The Bertz CT molecular complexity index is 1500. The quantitative estimate of drug-likeness (QED) is 0.238. The van der Waals surface area contributed by atoms with Gasteiger partial charge in [0.05, 0.1) is 34.8 Å². The molecular weight excluding hydrogens is 496 g/mol. The largest absolute Gasteiger partial charge is 0.460 e. The number of fused-ring (bicyclic) bond motifs is 1. The highest BCUT2D eigenvalue weighted by atomic mass is 16.6. The second-order valence-corrected chi connectivity index (χ2v) is 9.78. The summed E-state index contributed by atoms with van der Waals surface area (Å²) in [5.41, 5.74) is -0.425. The minimum Gasteiger partial charge on any atom is -0.460 e. The molecule has 0 aliphatic heterocycles. The first-order valence-electron chi connectivity index (χ1n) is 12.8. The molecule has 39 heavy (non-hydrogen) atoms. The molecule has 1 aromatic heterocycles. The number of benzene rings is 3. The van der Waals surface area contributed by atoms with Gasteiger partial charge in [0.15, 0.2) is 0 Å². The number of aliphatic hydroxyl groups is 1. The molecule has 8 heteroatoms. The lowest BCUT2D eigenvalue weighted by Crippen LogP contribution is -2.49. The Hall–Kier alpha value is -4.43. The zero-order valence-electron chi connectivity index (χ0n) is 22.6. The molecular formula is C31H32N2O6. The Morgan fingerprint density at radius 3 is 1.95 bits per heavy atom. The number of aromatic nitrogens is 1. The minimum absolute atomic E-state index is 0.0265. The summed E-state index contributed by atoms with van der Waals surface area (Å²) in [5.74, 6) is -2.64. The first-order valence-corrected chi connectivity index (χ1v) is 12.8.